The van der Waals surface area contributed by atoms with Gasteiger partial charge in [0.1, 0.15) is 44.3 Å². The number of aliphatic hydroxyl groups is 1. The molecule has 1 aliphatic heterocycles. The standard InChI is InChI=1S/C20H27N3O2S/c1-2-18-14-17(15-23-10-8-22(9-11-23)12-13-24)20(26-18)21-19(25)16-6-4-3-5-7-16/h3-7,14,24H,2,8-13,15H2,1H3,(H,21,25)/p+2. The van der Waals surface area contributed by atoms with E-state index in [4.69, 9.17) is 5.11 Å². The zero-order chi connectivity index (χ0) is 18.4. The summed E-state index contributed by atoms with van der Waals surface area (Å²) < 4.78 is 0. The molecule has 0 aliphatic carbocycles. The van der Waals surface area contributed by atoms with Crippen LogP contribution in [0.1, 0.15) is 27.7 Å². The van der Waals surface area contributed by atoms with Gasteiger partial charge in [-0.2, -0.15) is 0 Å². The topological polar surface area (TPSA) is 58.2 Å². The van der Waals surface area contributed by atoms with Crippen LogP contribution in [0, 0.1) is 0 Å². The molecule has 0 saturated carbocycles. The fourth-order valence-corrected chi connectivity index (χ4v) is 4.49. The van der Waals surface area contributed by atoms with E-state index in [-0.39, 0.29) is 12.5 Å². The van der Waals surface area contributed by atoms with E-state index in [1.165, 1.54) is 15.3 Å². The molecule has 26 heavy (non-hydrogen) atoms. The van der Waals surface area contributed by atoms with Crippen molar-refractivity contribution in [2.45, 2.75) is 19.9 Å². The predicted octanol–water partition coefficient (Wildman–Crippen LogP) is -0.161. The lowest BCUT2D eigenvalue weighted by Gasteiger charge is -2.29. The second-order valence-electron chi connectivity index (χ2n) is 6.89. The quantitative estimate of drug-likeness (QED) is 0.544. The van der Waals surface area contributed by atoms with E-state index >= 15 is 0 Å². The highest BCUT2D eigenvalue weighted by atomic mass is 32.1. The smallest absolute Gasteiger partial charge is 0.256 e. The van der Waals surface area contributed by atoms with Gasteiger partial charge < -0.3 is 20.2 Å². The molecule has 0 bridgehead atoms. The van der Waals surface area contributed by atoms with Gasteiger partial charge in [0.15, 0.2) is 0 Å². The van der Waals surface area contributed by atoms with Crippen LogP contribution >= 0.6 is 11.3 Å². The van der Waals surface area contributed by atoms with Crippen LogP contribution in [0.25, 0.3) is 0 Å². The number of benzene rings is 1. The normalized spacial score (nSPS) is 20.1. The Hall–Kier alpha value is -1.73. The van der Waals surface area contributed by atoms with Crippen LogP contribution < -0.4 is 15.1 Å². The maximum absolute atomic E-state index is 12.5. The number of thiophene rings is 1. The number of piperazine rings is 1. The minimum absolute atomic E-state index is 0.0384. The van der Waals surface area contributed by atoms with E-state index in [2.05, 4.69) is 18.3 Å². The Kier molecular flexibility index (Phi) is 6.80. The van der Waals surface area contributed by atoms with E-state index in [1.807, 2.05) is 30.3 Å². The molecule has 140 valence electrons. The molecule has 0 unspecified atom stereocenters. The monoisotopic (exact) mass is 375 g/mol. The van der Waals surface area contributed by atoms with Crippen LogP contribution in [0.3, 0.4) is 0 Å². The molecule has 0 radical (unpaired) electrons. The van der Waals surface area contributed by atoms with E-state index < -0.39 is 0 Å². The molecule has 1 aromatic carbocycles. The Morgan fingerprint density at radius 2 is 1.85 bits per heavy atom. The molecule has 2 heterocycles. The van der Waals surface area contributed by atoms with Crippen molar-refractivity contribution in [1.29, 1.82) is 0 Å². The molecular formula is C20H29N3O2S+2. The van der Waals surface area contributed by atoms with Crippen molar-refractivity contribution in [2.24, 2.45) is 0 Å². The first-order valence-electron chi connectivity index (χ1n) is 9.45. The van der Waals surface area contributed by atoms with Gasteiger partial charge in [-0.25, -0.2) is 0 Å². The average Bonchev–Trinajstić information content (AvgIpc) is 3.06. The van der Waals surface area contributed by atoms with Crippen LogP contribution in [0.2, 0.25) is 0 Å². The summed E-state index contributed by atoms with van der Waals surface area (Å²) in [5.74, 6) is -0.0384. The van der Waals surface area contributed by atoms with Crippen molar-refractivity contribution < 1.29 is 19.7 Å². The summed E-state index contributed by atoms with van der Waals surface area (Å²) in [7, 11) is 0. The molecule has 4 N–H and O–H groups in total. The van der Waals surface area contributed by atoms with Crippen LogP contribution in [-0.4, -0.2) is 50.3 Å². The number of carbonyl (C=O) groups excluding carboxylic acids is 1. The highest BCUT2D eigenvalue weighted by Crippen LogP contribution is 2.28. The first-order chi connectivity index (χ1) is 12.7. The fourth-order valence-electron chi connectivity index (χ4n) is 3.47. The van der Waals surface area contributed by atoms with Crippen LogP contribution in [0.5, 0.6) is 0 Å². The lowest BCUT2D eigenvalue weighted by molar-refractivity contribution is -1.02. The summed E-state index contributed by atoms with van der Waals surface area (Å²) in [5, 5.41) is 13.2. The van der Waals surface area contributed by atoms with Gasteiger partial charge in [-0.3, -0.25) is 4.79 Å². The highest BCUT2D eigenvalue weighted by molar-refractivity contribution is 7.16. The third-order valence-corrected chi connectivity index (χ3v) is 6.28. The van der Waals surface area contributed by atoms with Crippen LogP contribution in [-0.2, 0) is 13.0 Å². The van der Waals surface area contributed by atoms with Gasteiger partial charge in [0.25, 0.3) is 5.91 Å². The Morgan fingerprint density at radius 1 is 1.15 bits per heavy atom. The van der Waals surface area contributed by atoms with Gasteiger partial charge in [-0.15, -0.1) is 11.3 Å². The van der Waals surface area contributed by atoms with Crippen LogP contribution in [0.4, 0.5) is 5.00 Å². The number of nitrogens with one attached hydrogen (secondary N) is 3. The molecule has 3 rings (SSSR count). The number of rotatable bonds is 7. The van der Waals surface area contributed by atoms with Gasteiger partial charge in [0.05, 0.1) is 6.61 Å². The zero-order valence-corrected chi connectivity index (χ0v) is 16.2. The van der Waals surface area contributed by atoms with Crippen molar-refractivity contribution in [3.05, 3.63) is 52.4 Å². The molecule has 1 aliphatic rings. The minimum Gasteiger partial charge on any atom is -0.391 e. The maximum Gasteiger partial charge on any atom is 0.256 e. The Morgan fingerprint density at radius 3 is 2.50 bits per heavy atom. The van der Waals surface area contributed by atoms with Crippen LogP contribution in [0.15, 0.2) is 36.4 Å². The van der Waals surface area contributed by atoms with E-state index in [0.717, 1.165) is 50.7 Å². The molecule has 6 heteroatoms. The van der Waals surface area contributed by atoms with Crippen molar-refractivity contribution in [3.8, 4) is 0 Å². The van der Waals surface area contributed by atoms with Gasteiger partial charge in [0.2, 0.25) is 0 Å². The minimum atomic E-state index is -0.0384. The summed E-state index contributed by atoms with van der Waals surface area (Å²) >= 11 is 1.70. The number of anilines is 1. The molecule has 5 nitrogen and oxygen atoms in total. The molecule has 1 aromatic heterocycles. The molecule has 1 fully saturated rings. The number of aliphatic hydroxyl groups excluding tert-OH is 1. The molecule has 1 saturated heterocycles. The van der Waals surface area contributed by atoms with E-state index in [0.29, 0.717) is 5.56 Å². The van der Waals surface area contributed by atoms with Crippen molar-refractivity contribution in [3.63, 3.8) is 0 Å². The van der Waals surface area contributed by atoms with E-state index in [1.54, 1.807) is 16.2 Å². The Balaban J connectivity index is 1.66. The van der Waals surface area contributed by atoms with Gasteiger partial charge >= 0.3 is 0 Å². The molecule has 2 aromatic rings. The molecule has 1 amide bonds. The SMILES string of the molecule is CCc1cc(C[NH+]2CC[NH+](CCO)CC2)c(NC(=O)c2ccccc2)s1. The van der Waals surface area contributed by atoms with Crippen molar-refractivity contribution in [1.82, 2.24) is 0 Å². The number of amides is 1. The largest absolute Gasteiger partial charge is 0.391 e. The van der Waals surface area contributed by atoms with Gasteiger partial charge in [-0.1, -0.05) is 25.1 Å². The summed E-state index contributed by atoms with van der Waals surface area (Å²) in [6.07, 6.45) is 0.989. The highest BCUT2D eigenvalue weighted by Gasteiger charge is 2.24. The lowest BCUT2D eigenvalue weighted by atomic mass is 10.2. The summed E-state index contributed by atoms with van der Waals surface area (Å²) in [6.45, 7) is 8.65. The Labute approximate surface area is 159 Å². The first-order valence-corrected chi connectivity index (χ1v) is 10.3. The molecular weight excluding hydrogens is 346 g/mol. The fraction of sp³-hybridized carbons (Fsp3) is 0.450. The second kappa shape index (κ2) is 9.28. The van der Waals surface area contributed by atoms with Crippen molar-refractivity contribution >= 4 is 22.2 Å². The maximum atomic E-state index is 12.5. The van der Waals surface area contributed by atoms with Gasteiger partial charge in [0, 0.05) is 16.0 Å². The third-order valence-electron chi connectivity index (χ3n) is 5.04. The number of hydrogen-bond donors (Lipinski definition) is 4. The summed E-state index contributed by atoms with van der Waals surface area (Å²) in [4.78, 5) is 16.9. The van der Waals surface area contributed by atoms with E-state index in [9.17, 15) is 4.79 Å². The number of quaternary nitrogens is 2. The first kappa shape index (κ1) is 19.0. The third kappa shape index (κ3) is 4.92. The second-order valence-corrected chi connectivity index (χ2v) is 8.03. The average molecular weight is 376 g/mol. The predicted molar refractivity (Wildman–Crippen MR) is 105 cm³/mol. The Bertz CT molecular complexity index is 709. The number of aryl methyl sites for hydroxylation is 1. The summed E-state index contributed by atoms with van der Waals surface area (Å²) in [5.41, 5.74) is 1.94. The number of carbonyl (C=O) groups is 1. The number of hydrogen-bond acceptors (Lipinski definition) is 3. The molecule has 0 atom stereocenters. The summed E-state index contributed by atoms with van der Waals surface area (Å²) in [6, 6.07) is 11.6. The van der Waals surface area contributed by atoms with Crippen molar-refractivity contribution in [2.75, 3.05) is 44.6 Å². The molecule has 0 spiro atoms. The van der Waals surface area contributed by atoms with Gasteiger partial charge in [-0.05, 0) is 24.6 Å². The zero-order valence-electron chi connectivity index (χ0n) is 15.4. The lowest BCUT2D eigenvalue weighted by Crippen LogP contribution is -3.27.